The fourth-order valence-electron chi connectivity index (χ4n) is 2.72. The van der Waals surface area contributed by atoms with E-state index in [1.165, 1.54) is 30.3 Å². The van der Waals surface area contributed by atoms with Crippen molar-refractivity contribution in [2.24, 2.45) is 5.92 Å². The fraction of sp³-hybridized carbons (Fsp3) is 0.571. The number of hydrogen-bond donors (Lipinski definition) is 1. The number of sulfonamides is 1. The molecule has 0 radical (unpaired) electrons. The monoisotopic (exact) mass is 298 g/mol. The second-order valence-corrected chi connectivity index (χ2v) is 7.36. The lowest BCUT2D eigenvalue weighted by atomic mass is 10.1. The standard InChI is InChI=1S/C14H22N2O3S/c1-16(10-11-5-3-4-6-11)20(17,18)14-9-12(15)7-8-13(14)19-2/h7-9,11H,3-6,10,15H2,1-2H3. The molecule has 1 aromatic rings. The van der Waals surface area contributed by atoms with E-state index in [2.05, 4.69) is 0 Å². The zero-order chi connectivity index (χ0) is 14.8. The minimum atomic E-state index is -3.56. The topological polar surface area (TPSA) is 72.6 Å². The van der Waals surface area contributed by atoms with Crippen LogP contribution in [0.4, 0.5) is 5.69 Å². The van der Waals surface area contributed by atoms with Crippen LogP contribution >= 0.6 is 0 Å². The molecule has 0 bridgehead atoms. The summed E-state index contributed by atoms with van der Waals surface area (Å²) in [5, 5.41) is 0. The second kappa shape index (κ2) is 6.01. The second-order valence-electron chi connectivity index (χ2n) is 5.35. The molecule has 1 aromatic carbocycles. The van der Waals surface area contributed by atoms with Gasteiger partial charge in [0.1, 0.15) is 10.6 Å². The van der Waals surface area contributed by atoms with Crippen LogP contribution in [0.2, 0.25) is 0 Å². The molecule has 6 heteroatoms. The van der Waals surface area contributed by atoms with E-state index in [0.717, 1.165) is 12.8 Å². The number of ether oxygens (including phenoxy) is 1. The smallest absolute Gasteiger partial charge is 0.246 e. The van der Waals surface area contributed by atoms with Gasteiger partial charge in [-0.05, 0) is 37.0 Å². The van der Waals surface area contributed by atoms with Gasteiger partial charge in [0.25, 0.3) is 0 Å². The third-order valence-electron chi connectivity index (χ3n) is 3.87. The first-order valence-corrected chi connectivity index (χ1v) is 8.29. The first-order valence-electron chi connectivity index (χ1n) is 6.85. The van der Waals surface area contributed by atoms with Crippen molar-refractivity contribution in [3.05, 3.63) is 18.2 Å². The molecule has 1 saturated carbocycles. The van der Waals surface area contributed by atoms with Gasteiger partial charge in [-0.25, -0.2) is 12.7 Å². The maximum Gasteiger partial charge on any atom is 0.246 e. The van der Waals surface area contributed by atoms with Crippen molar-refractivity contribution >= 4 is 15.7 Å². The molecular weight excluding hydrogens is 276 g/mol. The highest BCUT2D eigenvalue weighted by Gasteiger charge is 2.28. The maximum atomic E-state index is 12.6. The number of nitrogens with two attached hydrogens (primary N) is 1. The van der Waals surface area contributed by atoms with Crippen molar-refractivity contribution in [2.75, 3.05) is 26.4 Å². The molecular formula is C14H22N2O3S. The van der Waals surface area contributed by atoms with Crippen LogP contribution in [0, 0.1) is 5.92 Å². The van der Waals surface area contributed by atoms with Crippen LogP contribution in [0.25, 0.3) is 0 Å². The largest absolute Gasteiger partial charge is 0.495 e. The van der Waals surface area contributed by atoms with Crippen LogP contribution in [0.15, 0.2) is 23.1 Å². The Bertz CT molecular complexity index is 566. The van der Waals surface area contributed by atoms with Gasteiger partial charge in [-0.3, -0.25) is 0 Å². The van der Waals surface area contributed by atoms with Gasteiger partial charge in [0.05, 0.1) is 7.11 Å². The molecule has 0 atom stereocenters. The Balaban J connectivity index is 2.26. The van der Waals surface area contributed by atoms with E-state index in [4.69, 9.17) is 10.5 Å². The van der Waals surface area contributed by atoms with Crippen LogP contribution in [0.5, 0.6) is 5.75 Å². The lowest BCUT2D eigenvalue weighted by Crippen LogP contribution is -2.31. The number of benzene rings is 1. The minimum Gasteiger partial charge on any atom is -0.495 e. The quantitative estimate of drug-likeness (QED) is 0.845. The van der Waals surface area contributed by atoms with E-state index in [-0.39, 0.29) is 4.90 Å². The first-order chi connectivity index (χ1) is 9.45. The Hall–Kier alpha value is -1.27. The Morgan fingerprint density at radius 3 is 2.60 bits per heavy atom. The lowest BCUT2D eigenvalue weighted by Gasteiger charge is -2.22. The van der Waals surface area contributed by atoms with Crippen molar-refractivity contribution in [3.63, 3.8) is 0 Å². The SMILES string of the molecule is COc1ccc(N)cc1S(=O)(=O)N(C)CC1CCCC1. The van der Waals surface area contributed by atoms with E-state index in [1.54, 1.807) is 19.2 Å². The molecule has 20 heavy (non-hydrogen) atoms. The summed E-state index contributed by atoms with van der Waals surface area (Å²) in [6.07, 6.45) is 4.60. The van der Waals surface area contributed by atoms with Crippen molar-refractivity contribution in [1.29, 1.82) is 0 Å². The van der Waals surface area contributed by atoms with Gasteiger partial charge >= 0.3 is 0 Å². The number of nitrogen functional groups attached to an aromatic ring is 1. The summed E-state index contributed by atoms with van der Waals surface area (Å²) in [5.74, 6) is 0.791. The van der Waals surface area contributed by atoms with Crippen molar-refractivity contribution in [1.82, 2.24) is 4.31 Å². The molecule has 0 aromatic heterocycles. The zero-order valence-corrected chi connectivity index (χ0v) is 12.8. The van der Waals surface area contributed by atoms with Crippen LogP contribution in [0.1, 0.15) is 25.7 Å². The Morgan fingerprint density at radius 2 is 2.00 bits per heavy atom. The normalized spacial score (nSPS) is 16.8. The van der Waals surface area contributed by atoms with Crippen LogP contribution in [0.3, 0.4) is 0 Å². The van der Waals surface area contributed by atoms with Crippen LogP contribution in [-0.2, 0) is 10.0 Å². The van der Waals surface area contributed by atoms with Crippen LogP contribution < -0.4 is 10.5 Å². The predicted octanol–water partition coefficient (Wildman–Crippen LogP) is 2.09. The Kier molecular flexibility index (Phi) is 4.55. The maximum absolute atomic E-state index is 12.6. The molecule has 1 fully saturated rings. The molecule has 1 aliphatic rings. The van der Waals surface area contributed by atoms with E-state index in [0.29, 0.717) is 23.9 Å². The highest BCUT2D eigenvalue weighted by Crippen LogP contribution is 2.31. The lowest BCUT2D eigenvalue weighted by molar-refractivity contribution is 0.377. The van der Waals surface area contributed by atoms with Gasteiger partial charge in [0, 0.05) is 19.3 Å². The molecule has 112 valence electrons. The molecule has 0 heterocycles. The minimum absolute atomic E-state index is 0.139. The molecule has 0 saturated heterocycles. The fourth-order valence-corrected chi connectivity index (χ4v) is 4.15. The summed E-state index contributed by atoms with van der Waals surface area (Å²) < 4.78 is 31.8. The predicted molar refractivity (Wildman–Crippen MR) is 79.2 cm³/mol. The van der Waals surface area contributed by atoms with E-state index in [9.17, 15) is 8.42 Å². The molecule has 5 nitrogen and oxygen atoms in total. The van der Waals surface area contributed by atoms with Crippen LogP contribution in [-0.4, -0.2) is 33.4 Å². The van der Waals surface area contributed by atoms with Gasteiger partial charge in [0.15, 0.2) is 0 Å². The van der Waals surface area contributed by atoms with Crippen molar-refractivity contribution in [2.45, 2.75) is 30.6 Å². The molecule has 0 spiro atoms. The Labute approximate surface area is 120 Å². The summed E-state index contributed by atoms with van der Waals surface area (Å²) in [7, 11) is -0.482. The number of rotatable bonds is 5. The number of methoxy groups -OCH3 is 1. The number of nitrogens with zero attached hydrogens (tertiary/aromatic N) is 1. The molecule has 0 aliphatic heterocycles. The van der Waals surface area contributed by atoms with Gasteiger partial charge in [-0.15, -0.1) is 0 Å². The molecule has 0 unspecified atom stereocenters. The molecule has 1 aliphatic carbocycles. The van der Waals surface area contributed by atoms with E-state index >= 15 is 0 Å². The number of anilines is 1. The molecule has 2 N–H and O–H groups in total. The molecule has 0 amide bonds. The average Bonchev–Trinajstić information content (AvgIpc) is 2.91. The molecule has 2 rings (SSSR count). The van der Waals surface area contributed by atoms with Crippen molar-refractivity contribution in [3.8, 4) is 5.75 Å². The highest BCUT2D eigenvalue weighted by molar-refractivity contribution is 7.89. The summed E-state index contributed by atoms with van der Waals surface area (Å²) >= 11 is 0. The van der Waals surface area contributed by atoms with Gasteiger partial charge in [-0.2, -0.15) is 0 Å². The Morgan fingerprint density at radius 1 is 1.35 bits per heavy atom. The van der Waals surface area contributed by atoms with Gasteiger partial charge in [-0.1, -0.05) is 12.8 Å². The average molecular weight is 298 g/mol. The summed E-state index contributed by atoms with van der Waals surface area (Å²) in [6.45, 7) is 0.556. The van der Waals surface area contributed by atoms with Crippen molar-refractivity contribution < 1.29 is 13.2 Å². The van der Waals surface area contributed by atoms with Gasteiger partial charge in [0.2, 0.25) is 10.0 Å². The third kappa shape index (κ3) is 3.07. The summed E-state index contributed by atoms with van der Waals surface area (Å²) in [4.78, 5) is 0.139. The van der Waals surface area contributed by atoms with Gasteiger partial charge < -0.3 is 10.5 Å². The summed E-state index contributed by atoms with van der Waals surface area (Å²) in [6, 6.07) is 4.68. The number of hydrogen-bond acceptors (Lipinski definition) is 4. The highest BCUT2D eigenvalue weighted by atomic mass is 32.2. The van der Waals surface area contributed by atoms with E-state index < -0.39 is 10.0 Å². The third-order valence-corrected chi connectivity index (χ3v) is 5.71. The summed E-state index contributed by atoms with van der Waals surface area (Å²) in [5.41, 5.74) is 6.12. The van der Waals surface area contributed by atoms with E-state index in [1.807, 2.05) is 0 Å². The first kappa shape index (κ1) is 15.1. The zero-order valence-electron chi connectivity index (χ0n) is 12.0.